The van der Waals surface area contributed by atoms with Crippen LogP contribution in [0.4, 0.5) is 17.2 Å². The highest BCUT2D eigenvalue weighted by molar-refractivity contribution is 6.03. The number of nitrogens with zero attached hydrogens (tertiary/aromatic N) is 2. The largest absolute Gasteiger partial charge is 0.326 e. The average molecular weight is 268 g/mol. The Morgan fingerprint density at radius 1 is 1.35 bits per heavy atom. The van der Waals surface area contributed by atoms with Crippen LogP contribution in [0.5, 0.6) is 0 Å². The Morgan fingerprint density at radius 3 is 2.95 bits per heavy atom. The van der Waals surface area contributed by atoms with Crippen molar-refractivity contribution in [2.45, 2.75) is 13.5 Å². The number of fused-ring (bicyclic) bond motifs is 1. The van der Waals surface area contributed by atoms with Gasteiger partial charge in [0.25, 0.3) is 0 Å². The molecule has 0 saturated heterocycles. The van der Waals surface area contributed by atoms with Gasteiger partial charge in [-0.1, -0.05) is 12.1 Å². The Labute approximate surface area is 117 Å². The molecule has 5 heteroatoms. The quantitative estimate of drug-likeness (QED) is 0.873. The van der Waals surface area contributed by atoms with Crippen molar-refractivity contribution in [2.75, 3.05) is 16.8 Å². The lowest BCUT2D eigenvalue weighted by Gasteiger charge is -2.31. The summed E-state index contributed by atoms with van der Waals surface area (Å²) in [4.78, 5) is 18.2. The summed E-state index contributed by atoms with van der Waals surface area (Å²) in [6.45, 7) is 2.65. The topological polar surface area (TPSA) is 71.2 Å². The van der Waals surface area contributed by atoms with Gasteiger partial charge < -0.3 is 16.0 Å². The van der Waals surface area contributed by atoms with Crippen LogP contribution in [0.25, 0.3) is 0 Å². The van der Waals surface area contributed by atoms with Gasteiger partial charge in [-0.3, -0.25) is 4.79 Å². The predicted octanol–water partition coefficient (Wildman–Crippen LogP) is 1.94. The SMILES string of the molecule is Cc1ccnc(N2CC(=O)Nc3ccccc32)c1CN. The third kappa shape index (κ3) is 2.02. The molecule has 102 valence electrons. The number of carbonyl (C=O) groups is 1. The van der Waals surface area contributed by atoms with E-state index in [9.17, 15) is 4.79 Å². The monoisotopic (exact) mass is 268 g/mol. The summed E-state index contributed by atoms with van der Waals surface area (Å²) in [7, 11) is 0. The van der Waals surface area contributed by atoms with Crippen molar-refractivity contribution in [1.29, 1.82) is 0 Å². The number of anilines is 3. The first kappa shape index (κ1) is 12.6. The number of pyridine rings is 1. The molecule has 1 aromatic carbocycles. The number of hydrogen-bond donors (Lipinski definition) is 2. The van der Waals surface area contributed by atoms with Crippen LogP contribution in [0.3, 0.4) is 0 Å². The van der Waals surface area contributed by atoms with E-state index in [2.05, 4.69) is 10.3 Å². The maximum absolute atomic E-state index is 11.9. The minimum absolute atomic E-state index is 0.0463. The summed E-state index contributed by atoms with van der Waals surface area (Å²) in [6.07, 6.45) is 1.75. The molecule has 0 atom stereocenters. The number of aromatic nitrogens is 1. The Hall–Kier alpha value is -2.40. The van der Waals surface area contributed by atoms with E-state index in [-0.39, 0.29) is 12.5 Å². The van der Waals surface area contributed by atoms with E-state index in [4.69, 9.17) is 5.73 Å². The molecule has 0 aliphatic carbocycles. The third-order valence-corrected chi connectivity index (χ3v) is 3.50. The van der Waals surface area contributed by atoms with Gasteiger partial charge in [-0.15, -0.1) is 0 Å². The molecule has 5 nitrogen and oxygen atoms in total. The lowest BCUT2D eigenvalue weighted by Crippen LogP contribution is -2.36. The van der Waals surface area contributed by atoms with Crippen LogP contribution >= 0.6 is 0 Å². The molecule has 3 rings (SSSR count). The van der Waals surface area contributed by atoms with Crippen molar-refractivity contribution in [1.82, 2.24) is 4.98 Å². The van der Waals surface area contributed by atoms with Gasteiger partial charge in [-0.2, -0.15) is 0 Å². The molecule has 0 spiro atoms. The van der Waals surface area contributed by atoms with Crippen molar-refractivity contribution in [3.05, 3.63) is 47.7 Å². The maximum atomic E-state index is 11.9. The molecule has 20 heavy (non-hydrogen) atoms. The summed E-state index contributed by atoms with van der Waals surface area (Å²) in [6, 6.07) is 9.63. The Bertz CT molecular complexity index is 669. The Morgan fingerprint density at radius 2 is 2.15 bits per heavy atom. The van der Waals surface area contributed by atoms with E-state index in [0.29, 0.717) is 6.54 Å². The van der Waals surface area contributed by atoms with E-state index in [1.165, 1.54) is 0 Å². The number of para-hydroxylation sites is 2. The van der Waals surface area contributed by atoms with Crippen LogP contribution in [0, 0.1) is 6.92 Å². The van der Waals surface area contributed by atoms with E-state index >= 15 is 0 Å². The first-order valence-electron chi connectivity index (χ1n) is 6.51. The van der Waals surface area contributed by atoms with Gasteiger partial charge in [0.1, 0.15) is 12.4 Å². The van der Waals surface area contributed by atoms with E-state index in [1.54, 1.807) is 6.20 Å². The molecule has 1 aliphatic heterocycles. The van der Waals surface area contributed by atoms with E-state index in [0.717, 1.165) is 28.3 Å². The summed E-state index contributed by atoms with van der Waals surface area (Å²) in [5, 5.41) is 2.87. The van der Waals surface area contributed by atoms with Gasteiger partial charge in [-0.05, 0) is 30.7 Å². The molecule has 0 unspecified atom stereocenters. The molecule has 1 amide bonds. The number of nitrogens with two attached hydrogens (primary N) is 1. The number of hydrogen-bond acceptors (Lipinski definition) is 4. The average Bonchev–Trinajstić information content (AvgIpc) is 2.46. The van der Waals surface area contributed by atoms with Gasteiger partial charge in [0.15, 0.2) is 0 Å². The third-order valence-electron chi connectivity index (χ3n) is 3.50. The zero-order valence-corrected chi connectivity index (χ0v) is 11.3. The van der Waals surface area contributed by atoms with Crippen molar-refractivity contribution < 1.29 is 4.79 Å². The second kappa shape index (κ2) is 4.94. The van der Waals surface area contributed by atoms with Crippen LogP contribution in [0.2, 0.25) is 0 Å². The molecular formula is C15H16N4O. The normalized spacial score (nSPS) is 13.9. The minimum Gasteiger partial charge on any atom is -0.326 e. The second-order valence-electron chi connectivity index (χ2n) is 4.79. The number of aryl methyl sites for hydroxylation is 1. The smallest absolute Gasteiger partial charge is 0.244 e. The fourth-order valence-corrected chi connectivity index (χ4v) is 2.48. The van der Waals surface area contributed by atoms with Crippen LogP contribution in [0.1, 0.15) is 11.1 Å². The Kier molecular flexibility index (Phi) is 3.12. The highest BCUT2D eigenvalue weighted by Gasteiger charge is 2.25. The van der Waals surface area contributed by atoms with Gasteiger partial charge in [0.2, 0.25) is 5.91 Å². The lowest BCUT2D eigenvalue weighted by molar-refractivity contribution is -0.115. The number of carbonyl (C=O) groups excluding carboxylic acids is 1. The molecule has 1 aromatic heterocycles. The lowest BCUT2D eigenvalue weighted by atomic mass is 10.1. The van der Waals surface area contributed by atoms with Gasteiger partial charge in [-0.25, -0.2) is 4.98 Å². The highest BCUT2D eigenvalue weighted by Crippen LogP contribution is 2.35. The van der Waals surface area contributed by atoms with Gasteiger partial charge in [0.05, 0.1) is 11.4 Å². The second-order valence-corrected chi connectivity index (χ2v) is 4.79. The standard InChI is InChI=1S/C15H16N4O/c1-10-6-7-17-15(11(10)8-16)19-9-14(20)18-12-4-2-3-5-13(12)19/h2-7H,8-9,16H2,1H3,(H,18,20). The summed E-state index contributed by atoms with van der Waals surface area (Å²) in [5.74, 6) is 0.713. The van der Waals surface area contributed by atoms with Crippen LogP contribution in [0.15, 0.2) is 36.5 Å². The van der Waals surface area contributed by atoms with Gasteiger partial charge >= 0.3 is 0 Å². The van der Waals surface area contributed by atoms with E-state index in [1.807, 2.05) is 42.2 Å². The molecule has 0 radical (unpaired) electrons. The molecule has 0 bridgehead atoms. The number of rotatable bonds is 2. The Balaban J connectivity index is 2.16. The van der Waals surface area contributed by atoms with Crippen LogP contribution in [-0.4, -0.2) is 17.4 Å². The van der Waals surface area contributed by atoms with Crippen molar-refractivity contribution >= 4 is 23.1 Å². The zero-order chi connectivity index (χ0) is 14.1. The minimum atomic E-state index is -0.0463. The molecule has 0 saturated carbocycles. The van der Waals surface area contributed by atoms with Crippen LogP contribution in [-0.2, 0) is 11.3 Å². The first-order chi connectivity index (χ1) is 9.70. The molecule has 0 fully saturated rings. The fraction of sp³-hybridized carbons (Fsp3) is 0.200. The summed E-state index contributed by atoms with van der Waals surface area (Å²) >= 11 is 0. The zero-order valence-electron chi connectivity index (χ0n) is 11.3. The summed E-state index contributed by atoms with van der Waals surface area (Å²) < 4.78 is 0. The predicted molar refractivity (Wildman–Crippen MR) is 78.9 cm³/mol. The number of amides is 1. The maximum Gasteiger partial charge on any atom is 0.244 e. The molecule has 2 aromatic rings. The van der Waals surface area contributed by atoms with E-state index < -0.39 is 0 Å². The highest BCUT2D eigenvalue weighted by atomic mass is 16.2. The molecule has 2 heterocycles. The van der Waals surface area contributed by atoms with Crippen molar-refractivity contribution in [3.8, 4) is 0 Å². The van der Waals surface area contributed by atoms with Crippen molar-refractivity contribution in [3.63, 3.8) is 0 Å². The fourth-order valence-electron chi connectivity index (χ4n) is 2.48. The number of benzene rings is 1. The molecular weight excluding hydrogens is 252 g/mol. The summed E-state index contributed by atoms with van der Waals surface area (Å²) in [5.41, 5.74) is 9.64. The molecule has 3 N–H and O–H groups in total. The first-order valence-corrected chi connectivity index (χ1v) is 6.51. The van der Waals surface area contributed by atoms with Crippen molar-refractivity contribution in [2.24, 2.45) is 5.73 Å². The van der Waals surface area contributed by atoms with Gasteiger partial charge in [0, 0.05) is 18.3 Å². The number of nitrogens with one attached hydrogen (secondary N) is 1. The molecule has 1 aliphatic rings. The van der Waals surface area contributed by atoms with Crippen LogP contribution < -0.4 is 16.0 Å².